The predicted octanol–water partition coefficient (Wildman–Crippen LogP) is 4.41. The molecule has 2 aromatic heterocycles. The molecule has 6 aromatic rings. The van der Waals surface area contributed by atoms with Crippen molar-refractivity contribution < 1.29 is 27.0 Å². The monoisotopic (exact) mass is 634 g/mol. The molecule has 15 heteroatoms. The third-order valence-electron chi connectivity index (χ3n) is 6.61. The minimum absolute atomic E-state index is 0.521. The van der Waals surface area contributed by atoms with E-state index in [-0.39, 0.29) is 0 Å². The third-order valence-corrected chi connectivity index (χ3v) is 6.61. The van der Waals surface area contributed by atoms with Crippen LogP contribution in [-0.4, -0.2) is 40.7 Å². The van der Waals surface area contributed by atoms with Crippen molar-refractivity contribution in [3.63, 3.8) is 0 Å². The first kappa shape index (κ1) is 32.4. The van der Waals surface area contributed by atoms with Crippen LogP contribution in [0.4, 0.5) is 34.1 Å². The average Bonchev–Trinajstić information content (AvgIpc) is 2.95. The van der Waals surface area contributed by atoms with Crippen LogP contribution in [0.5, 0.6) is 11.5 Å². The minimum Gasteiger partial charge on any atom is -0.492 e. The molecule has 0 radical (unpaired) electrons. The molecule has 14 N–H and O–H groups in total. The second-order valence-electron chi connectivity index (χ2n) is 9.66. The zero-order valence-corrected chi connectivity index (χ0v) is 25.3. The van der Waals surface area contributed by atoms with Gasteiger partial charge in [-0.15, -0.1) is 0 Å². The fraction of sp³-hybridized carbons (Fsp3) is 0.133. The molecule has 0 aliphatic carbocycles. The highest BCUT2D eigenvalue weighted by Gasteiger charge is 2.14. The summed E-state index contributed by atoms with van der Waals surface area (Å²) >= 11 is 0. The molecular formula is C30H34N8O6S. The third kappa shape index (κ3) is 7.18. The van der Waals surface area contributed by atoms with Gasteiger partial charge in [-0.1, -0.05) is 0 Å². The molecule has 2 heterocycles. The summed E-state index contributed by atoms with van der Waals surface area (Å²) in [5.41, 5.74) is 43.0. The van der Waals surface area contributed by atoms with Crippen LogP contribution in [-0.2, 0) is 10.4 Å². The van der Waals surface area contributed by atoms with Crippen molar-refractivity contribution >= 4 is 88.1 Å². The second kappa shape index (κ2) is 13.0. The lowest BCUT2D eigenvalue weighted by molar-refractivity contribution is 0.342. The predicted molar refractivity (Wildman–Crippen MR) is 181 cm³/mol. The van der Waals surface area contributed by atoms with Crippen LogP contribution >= 0.6 is 0 Å². The van der Waals surface area contributed by atoms with Crippen LogP contribution in [0, 0.1) is 0 Å². The summed E-state index contributed by atoms with van der Waals surface area (Å²) in [4.78, 5) is 9.13. The fourth-order valence-corrected chi connectivity index (χ4v) is 4.76. The Bertz CT molecular complexity index is 2010. The van der Waals surface area contributed by atoms with Crippen molar-refractivity contribution in [2.75, 3.05) is 47.6 Å². The highest BCUT2D eigenvalue weighted by Crippen LogP contribution is 2.38. The lowest BCUT2D eigenvalue weighted by Crippen LogP contribution is -2.01. The van der Waals surface area contributed by atoms with Crippen molar-refractivity contribution in [1.82, 2.24) is 9.97 Å². The minimum atomic E-state index is -4.67. The van der Waals surface area contributed by atoms with Crippen LogP contribution in [0.3, 0.4) is 0 Å². The number of nitrogens with zero attached hydrogens (tertiary/aromatic N) is 2. The van der Waals surface area contributed by atoms with Crippen LogP contribution in [0.25, 0.3) is 43.6 Å². The van der Waals surface area contributed by atoms with Crippen LogP contribution < -0.4 is 43.9 Å². The molecule has 236 valence electrons. The molecular weight excluding hydrogens is 600 g/mol. The largest absolute Gasteiger partial charge is 0.492 e. The number of aromatic nitrogens is 2. The molecule has 0 aliphatic rings. The standard InChI is InChI=1S/2C15H16N4O.H2O4S/c2*1-2-20-12-6-5-10-13(15(12)18)14(17)9-4-3-8(16)7-11(9)19-10;1-5(2,3)4/h2*3-7H,2,16,18H2,1H3,(H2,17,19);(H2,1,2,3,4). The summed E-state index contributed by atoms with van der Waals surface area (Å²) in [6.45, 7) is 4.92. The zero-order valence-electron chi connectivity index (χ0n) is 24.5. The Morgan fingerprint density at radius 2 is 0.933 bits per heavy atom. The maximum atomic E-state index is 8.74. The molecule has 0 bridgehead atoms. The van der Waals surface area contributed by atoms with Gasteiger partial charge >= 0.3 is 10.4 Å². The number of fused-ring (bicyclic) bond motifs is 4. The molecule has 0 unspecified atom stereocenters. The molecule has 0 spiro atoms. The van der Waals surface area contributed by atoms with Gasteiger partial charge in [-0.3, -0.25) is 9.11 Å². The van der Waals surface area contributed by atoms with Crippen LogP contribution in [0.2, 0.25) is 0 Å². The normalized spacial score (nSPS) is 11.1. The van der Waals surface area contributed by atoms with E-state index < -0.39 is 10.4 Å². The molecule has 4 aromatic carbocycles. The molecule has 45 heavy (non-hydrogen) atoms. The highest BCUT2D eigenvalue weighted by molar-refractivity contribution is 7.79. The Hall–Kier alpha value is -5.51. The summed E-state index contributed by atoms with van der Waals surface area (Å²) in [6, 6.07) is 18.3. The Morgan fingerprint density at radius 1 is 0.578 bits per heavy atom. The summed E-state index contributed by atoms with van der Waals surface area (Å²) < 4.78 is 42.6. The maximum absolute atomic E-state index is 8.74. The maximum Gasteiger partial charge on any atom is 0.394 e. The van der Waals surface area contributed by atoms with E-state index in [0.717, 1.165) is 43.6 Å². The molecule has 0 aliphatic heterocycles. The Balaban J connectivity index is 0.000000179. The van der Waals surface area contributed by atoms with E-state index in [4.69, 9.17) is 61.4 Å². The SMILES string of the molecule is CCOc1ccc2nc3cc(N)ccc3c(N)c2c1N.CCOc1ccc2nc3cc(N)ccc3c(N)c2c1N.O=S(=O)(O)O. The average molecular weight is 635 g/mol. The van der Waals surface area contributed by atoms with Gasteiger partial charge in [-0.25, -0.2) is 9.97 Å². The highest BCUT2D eigenvalue weighted by atomic mass is 32.3. The van der Waals surface area contributed by atoms with Crippen molar-refractivity contribution in [3.8, 4) is 11.5 Å². The number of ether oxygens (including phenoxy) is 2. The summed E-state index contributed by atoms with van der Waals surface area (Å²) in [6.07, 6.45) is 0. The second-order valence-corrected chi connectivity index (χ2v) is 10.6. The molecule has 0 saturated heterocycles. The molecule has 0 fully saturated rings. The molecule has 0 saturated carbocycles. The Morgan fingerprint density at radius 3 is 1.27 bits per heavy atom. The van der Waals surface area contributed by atoms with Gasteiger partial charge in [-0.2, -0.15) is 8.42 Å². The van der Waals surface area contributed by atoms with E-state index >= 15 is 0 Å². The molecule has 0 atom stereocenters. The quantitative estimate of drug-likeness (QED) is 0.0757. The van der Waals surface area contributed by atoms with E-state index in [1.165, 1.54) is 0 Å². The number of pyridine rings is 2. The fourth-order valence-electron chi connectivity index (χ4n) is 4.76. The van der Waals surface area contributed by atoms with Crippen molar-refractivity contribution in [1.29, 1.82) is 0 Å². The van der Waals surface area contributed by atoms with E-state index in [1.807, 2.05) is 50.2 Å². The van der Waals surface area contributed by atoms with Crippen molar-refractivity contribution in [2.45, 2.75) is 13.8 Å². The number of nitrogens with two attached hydrogens (primary N) is 6. The van der Waals surface area contributed by atoms with Gasteiger partial charge in [0, 0.05) is 22.1 Å². The first-order valence-corrected chi connectivity index (χ1v) is 14.9. The van der Waals surface area contributed by atoms with E-state index in [9.17, 15) is 0 Å². The zero-order chi connectivity index (χ0) is 33.1. The summed E-state index contributed by atoms with van der Waals surface area (Å²) in [5, 5.41) is 3.14. The smallest absolute Gasteiger partial charge is 0.394 e. The Kier molecular flexibility index (Phi) is 9.37. The first-order chi connectivity index (χ1) is 21.2. The van der Waals surface area contributed by atoms with Crippen LogP contribution in [0.15, 0.2) is 60.7 Å². The van der Waals surface area contributed by atoms with Gasteiger partial charge in [0.1, 0.15) is 11.5 Å². The van der Waals surface area contributed by atoms with Crippen molar-refractivity contribution in [3.05, 3.63) is 60.7 Å². The molecule has 14 nitrogen and oxygen atoms in total. The van der Waals surface area contributed by atoms with Gasteiger partial charge < -0.3 is 43.9 Å². The van der Waals surface area contributed by atoms with Crippen LogP contribution in [0.1, 0.15) is 13.8 Å². The van der Waals surface area contributed by atoms with E-state index in [1.54, 1.807) is 24.3 Å². The van der Waals surface area contributed by atoms with E-state index in [2.05, 4.69) is 9.97 Å². The van der Waals surface area contributed by atoms with Crippen molar-refractivity contribution in [2.24, 2.45) is 0 Å². The Labute approximate surface area is 258 Å². The lowest BCUT2D eigenvalue weighted by Gasteiger charge is -2.13. The number of anilines is 6. The topological polar surface area (TPSA) is 275 Å². The number of rotatable bonds is 4. The summed E-state index contributed by atoms with van der Waals surface area (Å²) in [5.74, 6) is 1.26. The van der Waals surface area contributed by atoms with Gasteiger partial charge in [-0.05, 0) is 74.5 Å². The van der Waals surface area contributed by atoms with E-state index in [0.29, 0.717) is 58.8 Å². The first-order valence-electron chi connectivity index (χ1n) is 13.5. The van der Waals surface area contributed by atoms with Gasteiger partial charge in [0.25, 0.3) is 0 Å². The molecule has 6 rings (SSSR count). The number of nitrogen functional groups attached to an aromatic ring is 6. The van der Waals surface area contributed by atoms with Gasteiger partial charge in [0.2, 0.25) is 0 Å². The summed E-state index contributed by atoms with van der Waals surface area (Å²) in [7, 11) is -4.67. The van der Waals surface area contributed by atoms with Gasteiger partial charge in [0.05, 0.1) is 68.8 Å². The molecule has 0 amide bonds. The number of hydrogen-bond acceptors (Lipinski definition) is 12. The number of benzene rings is 4. The number of hydrogen-bond donors (Lipinski definition) is 8. The van der Waals surface area contributed by atoms with Gasteiger partial charge in [0.15, 0.2) is 0 Å². The lowest BCUT2D eigenvalue weighted by atomic mass is 10.1.